The predicted molar refractivity (Wildman–Crippen MR) is 118 cm³/mol. The number of pyridine rings is 2. The Balaban J connectivity index is 1.66. The molecule has 32 heavy (non-hydrogen) atoms. The van der Waals surface area contributed by atoms with Crippen molar-refractivity contribution in [2.75, 3.05) is 26.2 Å². The number of hydrogen-bond acceptors (Lipinski definition) is 4. The summed E-state index contributed by atoms with van der Waals surface area (Å²) in [6.07, 6.45) is 3.37. The van der Waals surface area contributed by atoms with Crippen LogP contribution in [0.3, 0.4) is 0 Å². The summed E-state index contributed by atoms with van der Waals surface area (Å²) >= 11 is 0. The number of carbonyl (C=O) groups is 2. The maximum Gasteiger partial charge on any atom is 0.250 e. The third-order valence-corrected chi connectivity index (χ3v) is 7.31. The summed E-state index contributed by atoms with van der Waals surface area (Å²) in [5, 5.41) is 0. The predicted octanol–water partition coefficient (Wildman–Crippen LogP) is 0.848. The molecule has 3 aliphatic heterocycles. The van der Waals surface area contributed by atoms with Crippen LogP contribution >= 0.6 is 0 Å². The van der Waals surface area contributed by atoms with E-state index in [0.29, 0.717) is 39.3 Å². The summed E-state index contributed by atoms with van der Waals surface area (Å²) in [6.45, 7) is 3.35. The lowest BCUT2D eigenvalue weighted by Crippen LogP contribution is -2.46. The maximum atomic E-state index is 12.9. The number of rotatable bonds is 2. The molecule has 8 nitrogen and oxygen atoms in total. The highest BCUT2D eigenvalue weighted by Gasteiger charge is 2.34. The zero-order valence-electron chi connectivity index (χ0n) is 18.0. The van der Waals surface area contributed by atoms with E-state index in [1.165, 1.54) is 0 Å². The fourth-order valence-electron chi connectivity index (χ4n) is 6.04. The second kappa shape index (κ2) is 8.41. The van der Waals surface area contributed by atoms with Gasteiger partial charge >= 0.3 is 0 Å². The van der Waals surface area contributed by atoms with Crippen LogP contribution in [0.5, 0.6) is 0 Å². The first kappa shape index (κ1) is 20.7. The summed E-state index contributed by atoms with van der Waals surface area (Å²) in [5.74, 6) is 0.249. The summed E-state index contributed by atoms with van der Waals surface area (Å²) in [4.78, 5) is 52.8. The van der Waals surface area contributed by atoms with Crippen LogP contribution in [-0.2, 0) is 22.7 Å². The Kier molecular flexibility index (Phi) is 5.45. The molecule has 0 saturated carbocycles. The van der Waals surface area contributed by atoms with E-state index in [4.69, 9.17) is 0 Å². The third-order valence-electron chi connectivity index (χ3n) is 7.31. The van der Waals surface area contributed by atoms with Gasteiger partial charge in [0.2, 0.25) is 12.8 Å². The highest BCUT2D eigenvalue weighted by Crippen LogP contribution is 2.35. The standard InChI is InChI=1S/C24H28N4O4/c29-15-25-9-17-7-19(13-25)21-3-1-5-23(31)27(21)11-18-8-20(14-26(10-18)16-30)22-4-2-6-24(32)28(22)12-17/h1-6,15-20H,7-14H2/t17-,18-,19+,20+/m0/s1. The van der Waals surface area contributed by atoms with E-state index in [9.17, 15) is 19.2 Å². The monoisotopic (exact) mass is 436 g/mol. The lowest BCUT2D eigenvalue weighted by atomic mass is 9.83. The highest BCUT2D eigenvalue weighted by atomic mass is 16.1. The average molecular weight is 437 g/mol. The van der Waals surface area contributed by atoms with Gasteiger partial charge in [-0.15, -0.1) is 0 Å². The first-order valence-corrected chi connectivity index (χ1v) is 11.3. The molecule has 4 atom stereocenters. The van der Waals surface area contributed by atoms with E-state index < -0.39 is 0 Å². The second-order valence-electron chi connectivity index (χ2n) is 9.51. The SMILES string of the molecule is O=CN1C[C@@H]2C[C@H](C1)c1cccc(=O)n1C[C@H]1C[C@H](CN(C=O)C1)c1cccc(=O)n1C2. The van der Waals surface area contributed by atoms with Gasteiger partial charge in [0, 0.05) is 74.6 Å². The van der Waals surface area contributed by atoms with E-state index in [0.717, 1.165) is 37.0 Å². The number of nitrogens with zero attached hydrogens (tertiary/aromatic N) is 4. The Bertz CT molecular complexity index is 1050. The average Bonchev–Trinajstić information content (AvgIpc) is 2.80. The van der Waals surface area contributed by atoms with Gasteiger partial charge in [-0.2, -0.15) is 0 Å². The van der Waals surface area contributed by atoms with Crippen molar-refractivity contribution < 1.29 is 9.59 Å². The van der Waals surface area contributed by atoms with Crippen LogP contribution in [0, 0.1) is 11.8 Å². The number of carbonyl (C=O) groups excluding carboxylic acids is 2. The zero-order chi connectivity index (χ0) is 22.2. The van der Waals surface area contributed by atoms with Crippen LogP contribution in [0.1, 0.15) is 36.1 Å². The molecule has 2 aromatic heterocycles. The number of aromatic nitrogens is 2. The maximum absolute atomic E-state index is 12.9. The van der Waals surface area contributed by atoms with E-state index in [1.54, 1.807) is 34.1 Å². The topological polar surface area (TPSA) is 84.6 Å². The largest absolute Gasteiger partial charge is 0.344 e. The normalized spacial score (nSPS) is 27.4. The van der Waals surface area contributed by atoms with Crippen LogP contribution in [0.25, 0.3) is 0 Å². The van der Waals surface area contributed by atoms with Gasteiger partial charge in [0.1, 0.15) is 0 Å². The van der Waals surface area contributed by atoms with E-state index in [1.807, 2.05) is 21.3 Å². The Hall–Kier alpha value is -3.16. The minimum Gasteiger partial charge on any atom is -0.344 e. The van der Waals surface area contributed by atoms with Crippen LogP contribution in [-0.4, -0.2) is 57.9 Å². The van der Waals surface area contributed by atoms with Gasteiger partial charge < -0.3 is 18.9 Å². The van der Waals surface area contributed by atoms with Gasteiger partial charge in [-0.3, -0.25) is 19.2 Å². The molecule has 2 saturated heterocycles. The molecule has 4 bridgehead atoms. The molecule has 0 unspecified atom stereocenters. The van der Waals surface area contributed by atoms with Crippen molar-refractivity contribution in [1.29, 1.82) is 0 Å². The Labute approximate surface area is 186 Å². The van der Waals surface area contributed by atoms with Crippen molar-refractivity contribution in [1.82, 2.24) is 18.9 Å². The third kappa shape index (κ3) is 3.78. The van der Waals surface area contributed by atoms with Crippen molar-refractivity contribution in [3.63, 3.8) is 0 Å². The minimum atomic E-state index is -0.0456. The van der Waals surface area contributed by atoms with Crippen molar-refractivity contribution in [3.8, 4) is 0 Å². The lowest BCUT2D eigenvalue weighted by Gasteiger charge is -2.41. The van der Waals surface area contributed by atoms with Crippen LogP contribution in [0.4, 0.5) is 0 Å². The molecule has 0 aromatic carbocycles. The molecule has 8 heteroatoms. The Morgan fingerprint density at radius 1 is 0.625 bits per heavy atom. The zero-order valence-corrected chi connectivity index (χ0v) is 18.0. The van der Waals surface area contributed by atoms with E-state index >= 15 is 0 Å². The molecular weight excluding hydrogens is 408 g/mol. The molecule has 2 aromatic rings. The van der Waals surface area contributed by atoms with E-state index in [2.05, 4.69) is 0 Å². The molecule has 3 aliphatic rings. The summed E-state index contributed by atoms with van der Waals surface area (Å²) in [5.41, 5.74) is 1.79. The Morgan fingerprint density at radius 3 is 1.47 bits per heavy atom. The fourth-order valence-corrected chi connectivity index (χ4v) is 6.04. The number of likely N-dealkylation sites (tertiary alicyclic amines) is 2. The minimum absolute atomic E-state index is 0.0247. The molecule has 2 amide bonds. The van der Waals surface area contributed by atoms with Gasteiger partial charge in [0.15, 0.2) is 0 Å². The highest BCUT2D eigenvalue weighted by molar-refractivity contribution is 5.48. The molecule has 0 N–H and O–H groups in total. The number of hydrogen-bond donors (Lipinski definition) is 0. The number of amides is 2. The van der Waals surface area contributed by atoms with Crippen molar-refractivity contribution in [3.05, 3.63) is 68.5 Å². The van der Waals surface area contributed by atoms with Crippen molar-refractivity contribution in [2.45, 2.75) is 37.8 Å². The lowest BCUT2D eigenvalue weighted by molar-refractivity contribution is -0.120. The molecule has 5 rings (SSSR count). The Morgan fingerprint density at radius 2 is 1.06 bits per heavy atom. The van der Waals surface area contributed by atoms with Crippen LogP contribution in [0.2, 0.25) is 0 Å². The van der Waals surface area contributed by atoms with Crippen molar-refractivity contribution >= 4 is 12.8 Å². The first-order chi connectivity index (χ1) is 15.6. The number of piperidine rings is 2. The molecule has 0 radical (unpaired) electrons. The molecule has 168 valence electrons. The first-order valence-electron chi connectivity index (χ1n) is 11.3. The van der Waals surface area contributed by atoms with Crippen molar-refractivity contribution in [2.24, 2.45) is 11.8 Å². The van der Waals surface area contributed by atoms with E-state index in [-0.39, 0.29) is 34.8 Å². The molecule has 2 fully saturated rings. The quantitative estimate of drug-likeness (QED) is 0.654. The van der Waals surface area contributed by atoms with Gasteiger partial charge in [0.05, 0.1) is 0 Å². The summed E-state index contributed by atoms with van der Waals surface area (Å²) in [7, 11) is 0. The van der Waals surface area contributed by atoms with Crippen LogP contribution in [0.15, 0.2) is 46.0 Å². The molecule has 0 aliphatic carbocycles. The van der Waals surface area contributed by atoms with Gasteiger partial charge in [-0.25, -0.2) is 0 Å². The van der Waals surface area contributed by atoms with Gasteiger partial charge in [0.25, 0.3) is 11.1 Å². The van der Waals surface area contributed by atoms with Gasteiger partial charge in [-0.1, -0.05) is 12.1 Å². The fraction of sp³-hybridized carbons (Fsp3) is 0.500. The summed E-state index contributed by atoms with van der Waals surface area (Å²) in [6, 6.07) is 10.7. The van der Waals surface area contributed by atoms with Crippen LogP contribution < -0.4 is 11.1 Å². The molecule has 0 spiro atoms. The molecule has 5 heterocycles. The second-order valence-corrected chi connectivity index (χ2v) is 9.51. The smallest absolute Gasteiger partial charge is 0.250 e. The molecular formula is C24H28N4O4. The number of fused-ring (bicyclic) bond motifs is 8. The summed E-state index contributed by atoms with van der Waals surface area (Å²) < 4.78 is 3.71. The van der Waals surface area contributed by atoms with Gasteiger partial charge in [-0.05, 0) is 36.8 Å².